The number of fused-ring (bicyclic) bond motifs is 1. The van der Waals surface area contributed by atoms with Crippen molar-refractivity contribution >= 4 is 22.5 Å². The van der Waals surface area contributed by atoms with Crippen molar-refractivity contribution < 1.29 is 4.39 Å². The fourth-order valence-electron chi connectivity index (χ4n) is 2.22. The van der Waals surface area contributed by atoms with Crippen molar-refractivity contribution in [2.45, 2.75) is 13.5 Å². The Balaban J connectivity index is 2.06. The van der Waals surface area contributed by atoms with E-state index in [1.165, 1.54) is 6.07 Å². The number of hydrogen-bond donors (Lipinski definition) is 0. The van der Waals surface area contributed by atoms with Crippen molar-refractivity contribution in [1.82, 2.24) is 9.55 Å². The number of pyridine rings is 1. The Bertz CT molecular complexity index is 726. The summed E-state index contributed by atoms with van der Waals surface area (Å²) in [5.74, 6) is -0.268. The van der Waals surface area contributed by atoms with Gasteiger partial charge in [-0.3, -0.25) is 4.98 Å². The molecule has 0 bridgehead atoms. The van der Waals surface area contributed by atoms with Crippen LogP contribution in [0, 0.1) is 12.7 Å². The van der Waals surface area contributed by atoms with Crippen molar-refractivity contribution in [2.75, 3.05) is 0 Å². The highest BCUT2D eigenvalue weighted by Gasteiger charge is 2.10. The van der Waals surface area contributed by atoms with E-state index in [4.69, 9.17) is 11.6 Å². The lowest BCUT2D eigenvalue weighted by Gasteiger charge is -2.09. The Labute approximate surface area is 115 Å². The summed E-state index contributed by atoms with van der Waals surface area (Å²) in [6.07, 6.45) is 5.43. The third kappa shape index (κ3) is 2.22. The molecule has 0 unspecified atom stereocenters. The molecule has 96 valence electrons. The molecule has 4 heteroatoms. The smallest absolute Gasteiger partial charge is 0.129 e. The van der Waals surface area contributed by atoms with Gasteiger partial charge in [0.2, 0.25) is 0 Å². The number of nitrogens with zero attached hydrogens (tertiary/aromatic N) is 2. The molecule has 0 saturated carbocycles. The van der Waals surface area contributed by atoms with E-state index < -0.39 is 0 Å². The number of rotatable bonds is 2. The highest BCUT2D eigenvalue weighted by Crippen LogP contribution is 2.24. The lowest BCUT2D eigenvalue weighted by molar-refractivity contribution is 0.601. The molecule has 0 aliphatic rings. The SMILES string of the molecule is Cc1cc(F)c(Cn2ccc3ccncc32)c(Cl)c1. The van der Waals surface area contributed by atoms with Crippen molar-refractivity contribution in [1.29, 1.82) is 0 Å². The zero-order valence-electron chi connectivity index (χ0n) is 10.4. The molecule has 3 rings (SSSR count). The minimum absolute atomic E-state index is 0.268. The second kappa shape index (κ2) is 4.67. The van der Waals surface area contributed by atoms with Crippen LogP contribution in [0.4, 0.5) is 4.39 Å². The molecule has 0 radical (unpaired) electrons. The number of halogens is 2. The van der Waals surface area contributed by atoms with Crippen LogP contribution < -0.4 is 0 Å². The van der Waals surface area contributed by atoms with Gasteiger partial charge >= 0.3 is 0 Å². The maximum absolute atomic E-state index is 14.0. The van der Waals surface area contributed by atoms with E-state index in [1.807, 2.05) is 29.8 Å². The Morgan fingerprint density at radius 1 is 1.32 bits per heavy atom. The third-order valence-corrected chi connectivity index (χ3v) is 3.53. The van der Waals surface area contributed by atoms with Crippen LogP contribution in [0.25, 0.3) is 10.9 Å². The predicted octanol–water partition coefficient (Wildman–Crippen LogP) is 4.19. The van der Waals surface area contributed by atoms with Gasteiger partial charge < -0.3 is 4.57 Å². The molecule has 3 aromatic rings. The average molecular weight is 275 g/mol. The van der Waals surface area contributed by atoms with E-state index >= 15 is 0 Å². The van der Waals surface area contributed by atoms with E-state index in [-0.39, 0.29) is 5.82 Å². The molecule has 0 fully saturated rings. The first kappa shape index (κ1) is 12.2. The first-order chi connectivity index (χ1) is 9.15. The molecule has 0 aliphatic heterocycles. The van der Waals surface area contributed by atoms with Gasteiger partial charge in [-0.1, -0.05) is 11.6 Å². The van der Waals surface area contributed by atoms with Crippen LogP contribution in [0.1, 0.15) is 11.1 Å². The molecule has 0 aliphatic carbocycles. The van der Waals surface area contributed by atoms with Crippen LogP contribution in [0.15, 0.2) is 42.9 Å². The van der Waals surface area contributed by atoms with Gasteiger partial charge in [0.25, 0.3) is 0 Å². The van der Waals surface area contributed by atoms with E-state index in [2.05, 4.69) is 4.98 Å². The Morgan fingerprint density at radius 3 is 2.95 bits per heavy atom. The van der Waals surface area contributed by atoms with Gasteiger partial charge in [-0.25, -0.2) is 4.39 Å². The highest BCUT2D eigenvalue weighted by molar-refractivity contribution is 6.31. The van der Waals surface area contributed by atoms with Crippen LogP contribution in [0.5, 0.6) is 0 Å². The molecular weight excluding hydrogens is 263 g/mol. The Kier molecular flexibility index (Phi) is 2.99. The third-order valence-electron chi connectivity index (χ3n) is 3.19. The number of aromatic nitrogens is 2. The first-order valence-corrected chi connectivity index (χ1v) is 6.36. The quantitative estimate of drug-likeness (QED) is 0.685. The van der Waals surface area contributed by atoms with Crippen molar-refractivity contribution in [3.8, 4) is 0 Å². The van der Waals surface area contributed by atoms with Gasteiger partial charge in [-0.05, 0) is 36.8 Å². The molecule has 2 heterocycles. The summed E-state index contributed by atoms with van der Waals surface area (Å²) in [7, 11) is 0. The largest absolute Gasteiger partial charge is 0.342 e. The molecule has 1 aromatic carbocycles. The number of aryl methyl sites for hydroxylation is 1. The van der Waals surface area contributed by atoms with E-state index in [1.54, 1.807) is 18.5 Å². The average Bonchev–Trinajstić information content (AvgIpc) is 2.77. The number of hydrogen-bond acceptors (Lipinski definition) is 1. The first-order valence-electron chi connectivity index (χ1n) is 5.98. The molecule has 19 heavy (non-hydrogen) atoms. The lowest BCUT2D eigenvalue weighted by atomic mass is 10.1. The summed E-state index contributed by atoms with van der Waals surface area (Å²) < 4.78 is 15.9. The zero-order chi connectivity index (χ0) is 13.4. The van der Waals surface area contributed by atoms with Gasteiger partial charge in [0.1, 0.15) is 5.82 Å². The molecule has 2 aromatic heterocycles. The summed E-state index contributed by atoms with van der Waals surface area (Å²) in [6, 6.07) is 7.20. The molecule has 0 spiro atoms. The standard InChI is InChI=1S/C15H12ClFN2/c1-10-6-13(16)12(14(17)7-10)9-19-5-3-11-2-4-18-8-15(11)19/h2-8H,9H2,1H3. The number of benzene rings is 1. The second-order valence-corrected chi connectivity index (χ2v) is 4.99. The normalized spacial score (nSPS) is 11.1. The predicted molar refractivity (Wildman–Crippen MR) is 75.0 cm³/mol. The van der Waals surface area contributed by atoms with E-state index in [0.29, 0.717) is 17.1 Å². The molecule has 0 N–H and O–H groups in total. The summed E-state index contributed by atoms with van der Waals surface area (Å²) in [4.78, 5) is 4.10. The Morgan fingerprint density at radius 2 is 2.16 bits per heavy atom. The maximum atomic E-state index is 14.0. The van der Waals surface area contributed by atoms with Gasteiger partial charge in [0.15, 0.2) is 0 Å². The van der Waals surface area contributed by atoms with Crippen LogP contribution in [-0.2, 0) is 6.54 Å². The van der Waals surface area contributed by atoms with Crippen LogP contribution in [-0.4, -0.2) is 9.55 Å². The maximum Gasteiger partial charge on any atom is 0.129 e. The fourth-order valence-corrected chi connectivity index (χ4v) is 2.54. The van der Waals surface area contributed by atoms with Crippen molar-refractivity contribution in [3.63, 3.8) is 0 Å². The zero-order valence-corrected chi connectivity index (χ0v) is 11.2. The van der Waals surface area contributed by atoms with E-state index in [0.717, 1.165) is 16.5 Å². The highest BCUT2D eigenvalue weighted by atomic mass is 35.5. The molecule has 0 amide bonds. The second-order valence-electron chi connectivity index (χ2n) is 4.59. The summed E-state index contributed by atoms with van der Waals surface area (Å²) >= 11 is 6.13. The van der Waals surface area contributed by atoms with E-state index in [9.17, 15) is 4.39 Å². The molecular formula is C15H12ClFN2. The minimum atomic E-state index is -0.268. The van der Waals surface area contributed by atoms with Crippen LogP contribution in [0.3, 0.4) is 0 Å². The van der Waals surface area contributed by atoms with Crippen molar-refractivity contribution in [2.24, 2.45) is 0 Å². The van der Waals surface area contributed by atoms with Gasteiger partial charge in [-0.2, -0.15) is 0 Å². The van der Waals surface area contributed by atoms with Crippen LogP contribution in [0.2, 0.25) is 5.02 Å². The fraction of sp³-hybridized carbons (Fsp3) is 0.133. The van der Waals surface area contributed by atoms with Gasteiger partial charge in [-0.15, -0.1) is 0 Å². The van der Waals surface area contributed by atoms with Gasteiger partial charge in [0, 0.05) is 28.4 Å². The van der Waals surface area contributed by atoms with Gasteiger partial charge in [0.05, 0.1) is 18.3 Å². The van der Waals surface area contributed by atoms with Crippen molar-refractivity contribution in [3.05, 3.63) is 64.8 Å². The molecule has 0 atom stereocenters. The lowest BCUT2D eigenvalue weighted by Crippen LogP contribution is -2.02. The summed E-state index contributed by atoms with van der Waals surface area (Å²) in [5.41, 5.74) is 2.30. The summed E-state index contributed by atoms with van der Waals surface area (Å²) in [5, 5.41) is 1.54. The summed E-state index contributed by atoms with van der Waals surface area (Å²) in [6.45, 7) is 2.23. The molecule has 0 saturated heterocycles. The topological polar surface area (TPSA) is 17.8 Å². The van der Waals surface area contributed by atoms with Crippen LogP contribution >= 0.6 is 11.6 Å². The minimum Gasteiger partial charge on any atom is -0.342 e. The molecule has 2 nitrogen and oxygen atoms in total. The monoisotopic (exact) mass is 274 g/mol. The Hall–Kier alpha value is -1.87.